The topological polar surface area (TPSA) is 38.3 Å². The van der Waals surface area contributed by atoms with Crippen molar-refractivity contribution < 1.29 is 9.53 Å². The van der Waals surface area contributed by atoms with Gasteiger partial charge in [-0.25, -0.2) is 0 Å². The maximum atomic E-state index is 12.0. The average molecular weight is 271 g/mol. The van der Waals surface area contributed by atoms with Gasteiger partial charge in [0, 0.05) is 12.6 Å². The van der Waals surface area contributed by atoms with Gasteiger partial charge < -0.3 is 10.1 Å². The highest BCUT2D eigenvalue weighted by Crippen LogP contribution is 2.27. The highest BCUT2D eigenvalue weighted by molar-refractivity contribution is 5.81. The van der Waals surface area contributed by atoms with Crippen molar-refractivity contribution in [3.63, 3.8) is 0 Å². The fraction of sp³-hybridized carbons (Fsp3) is 0.471. The van der Waals surface area contributed by atoms with Gasteiger partial charge in [-0.1, -0.05) is 36.4 Å². The minimum atomic E-state index is -0.213. The third-order valence-electron chi connectivity index (χ3n) is 4.12. The molecule has 1 aromatic rings. The van der Waals surface area contributed by atoms with Crippen molar-refractivity contribution in [3.8, 4) is 0 Å². The van der Waals surface area contributed by atoms with Gasteiger partial charge >= 0.3 is 0 Å². The minimum Gasteiger partial charge on any atom is -0.368 e. The molecule has 1 N–H and O–H groups in total. The SMILES string of the molecule is O=C(NC1CC=C(c2ccccc2)CC1)[C@H]1CCCO1. The lowest BCUT2D eigenvalue weighted by Crippen LogP contribution is -2.41. The molecule has 0 radical (unpaired) electrons. The fourth-order valence-electron chi connectivity index (χ4n) is 2.96. The van der Waals surface area contributed by atoms with Crippen LogP contribution in [0.25, 0.3) is 5.57 Å². The highest BCUT2D eigenvalue weighted by Gasteiger charge is 2.26. The molecule has 3 nitrogen and oxygen atoms in total. The number of allylic oxidation sites excluding steroid dienone is 1. The van der Waals surface area contributed by atoms with E-state index in [4.69, 9.17) is 4.74 Å². The second kappa shape index (κ2) is 6.23. The van der Waals surface area contributed by atoms with Gasteiger partial charge in [-0.15, -0.1) is 0 Å². The summed E-state index contributed by atoms with van der Waals surface area (Å²) in [6.07, 6.45) is 6.88. The number of benzene rings is 1. The van der Waals surface area contributed by atoms with Gasteiger partial charge in [-0.2, -0.15) is 0 Å². The monoisotopic (exact) mass is 271 g/mol. The van der Waals surface area contributed by atoms with E-state index in [1.54, 1.807) is 0 Å². The molecule has 20 heavy (non-hydrogen) atoms. The predicted octanol–water partition coefficient (Wildman–Crippen LogP) is 2.92. The lowest BCUT2D eigenvalue weighted by molar-refractivity contribution is -0.130. The molecule has 106 valence electrons. The molecule has 0 bridgehead atoms. The van der Waals surface area contributed by atoms with E-state index in [1.807, 2.05) is 6.07 Å². The summed E-state index contributed by atoms with van der Waals surface area (Å²) >= 11 is 0. The third-order valence-corrected chi connectivity index (χ3v) is 4.12. The Morgan fingerprint density at radius 1 is 1.20 bits per heavy atom. The summed E-state index contributed by atoms with van der Waals surface area (Å²) in [5.41, 5.74) is 2.70. The summed E-state index contributed by atoms with van der Waals surface area (Å²) in [4.78, 5) is 12.0. The fourth-order valence-corrected chi connectivity index (χ4v) is 2.96. The Morgan fingerprint density at radius 2 is 2.05 bits per heavy atom. The predicted molar refractivity (Wildman–Crippen MR) is 79.2 cm³/mol. The Bertz CT molecular complexity index is 489. The molecule has 1 fully saturated rings. The van der Waals surface area contributed by atoms with Gasteiger partial charge in [0.05, 0.1) is 0 Å². The van der Waals surface area contributed by atoms with Crippen LogP contribution in [0, 0.1) is 0 Å². The van der Waals surface area contributed by atoms with Crippen LogP contribution >= 0.6 is 0 Å². The zero-order valence-electron chi connectivity index (χ0n) is 11.7. The van der Waals surface area contributed by atoms with Gasteiger partial charge in [-0.3, -0.25) is 4.79 Å². The third kappa shape index (κ3) is 3.10. The van der Waals surface area contributed by atoms with Crippen molar-refractivity contribution in [3.05, 3.63) is 42.0 Å². The molecule has 1 aromatic carbocycles. The van der Waals surface area contributed by atoms with E-state index >= 15 is 0 Å². The molecule has 0 spiro atoms. The Kier molecular flexibility index (Phi) is 4.16. The summed E-state index contributed by atoms with van der Waals surface area (Å²) in [5.74, 6) is 0.0732. The largest absolute Gasteiger partial charge is 0.368 e. The molecule has 1 saturated heterocycles. The molecule has 1 unspecified atom stereocenters. The van der Waals surface area contributed by atoms with Crippen molar-refractivity contribution in [2.75, 3.05) is 6.61 Å². The van der Waals surface area contributed by atoms with E-state index in [2.05, 4.69) is 35.7 Å². The average Bonchev–Trinajstić information content (AvgIpc) is 3.03. The molecule has 1 heterocycles. The van der Waals surface area contributed by atoms with Crippen LogP contribution in [0.2, 0.25) is 0 Å². The Morgan fingerprint density at radius 3 is 2.70 bits per heavy atom. The van der Waals surface area contributed by atoms with Crippen molar-refractivity contribution in [1.29, 1.82) is 0 Å². The zero-order valence-corrected chi connectivity index (χ0v) is 11.7. The first-order valence-electron chi connectivity index (χ1n) is 7.49. The molecule has 3 heteroatoms. The van der Waals surface area contributed by atoms with Crippen molar-refractivity contribution in [2.45, 2.75) is 44.2 Å². The van der Waals surface area contributed by atoms with E-state index in [0.717, 1.165) is 38.7 Å². The highest BCUT2D eigenvalue weighted by atomic mass is 16.5. The molecule has 3 rings (SSSR count). The van der Waals surface area contributed by atoms with Crippen LogP contribution in [0.5, 0.6) is 0 Å². The molecule has 2 aliphatic rings. The molecule has 2 atom stereocenters. The molecule has 0 aromatic heterocycles. The first kappa shape index (κ1) is 13.4. The van der Waals surface area contributed by atoms with Crippen LogP contribution in [0.4, 0.5) is 0 Å². The number of hydrogen-bond acceptors (Lipinski definition) is 2. The Hall–Kier alpha value is -1.61. The second-order valence-corrected chi connectivity index (χ2v) is 5.58. The summed E-state index contributed by atoms with van der Waals surface area (Å²) in [7, 11) is 0. The molecular formula is C17H21NO2. The zero-order chi connectivity index (χ0) is 13.8. The van der Waals surface area contributed by atoms with Crippen LogP contribution in [0.3, 0.4) is 0 Å². The minimum absolute atomic E-state index is 0.0732. The Labute approximate surface area is 120 Å². The van der Waals surface area contributed by atoms with Gasteiger partial charge in [0.2, 0.25) is 5.91 Å². The Balaban J connectivity index is 1.55. The summed E-state index contributed by atoms with van der Waals surface area (Å²) in [6, 6.07) is 10.7. The van der Waals surface area contributed by atoms with Gasteiger partial charge in [0.15, 0.2) is 0 Å². The summed E-state index contributed by atoms with van der Waals surface area (Å²) in [5, 5.41) is 3.12. The first-order chi connectivity index (χ1) is 9.83. The van der Waals surface area contributed by atoms with Gasteiger partial charge in [0.25, 0.3) is 0 Å². The molecule has 1 aliphatic carbocycles. The smallest absolute Gasteiger partial charge is 0.249 e. The molecular weight excluding hydrogens is 250 g/mol. The van der Waals surface area contributed by atoms with Crippen LogP contribution in [-0.2, 0) is 9.53 Å². The maximum absolute atomic E-state index is 12.0. The van der Waals surface area contributed by atoms with E-state index in [9.17, 15) is 4.79 Å². The number of amides is 1. The van der Waals surface area contributed by atoms with Crippen molar-refractivity contribution in [1.82, 2.24) is 5.32 Å². The lowest BCUT2D eigenvalue weighted by Gasteiger charge is -2.24. The molecule has 0 saturated carbocycles. The standard InChI is InChI=1S/C17H21NO2/c19-17(16-7-4-12-20-16)18-15-10-8-14(9-11-15)13-5-2-1-3-6-13/h1-3,5-6,8,15-16H,4,7,9-12H2,(H,18,19)/t15?,16-/m1/s1. The van der Waals surface area contributed by atoms with Crippen molar-refractivity contribution >= 4 is 11.5 Å². The number of carbonyl (C=O) groups is 1. The number of ether oxygens (including phenoxy) is 1. The molecule has 1 amide bonds. The second-order valence-electron chi connectivity index (χ2n) is 5.58. The van der Waals surface area contributed by atoms with E-state index in [-0.39, 0.29) is 18.1 Å². The summed E-state index contributed by atoms with van der Waals surface area (Å²) in [6.45, 7) is 0.723. The first-order valence-corrected chi connectivity index (χ1v) is 7.49. The normalized spacial score (nSPS) is 26.1. The number of nitrogens with one attached hydrogen (secondary N) is 1. The maximum Gasteiger partial charge on any atom is 0.249 e. The van der Waals surface area contributed by atoms with Gasteiger partial charge in [-0.05, 0) is 43.2 Å². The van der Waals surface area contributed by atoms with Crippen molar-refractivity contribution in [2.24, 2.45) is 0 Å². The quantitative estimate of drug-likeness (QED) is 0.918. The lowest BCUT2D eigenvalue weighted by atomic mass is 9.90. The van der Waals surface area contributed by atoms with Crippen LogP contribution in [0.15, 0.2) is 36.4 Å². The van der Waals surface area contributed by atoms with Crippen LogP contribution in [0.1, 0.15) is 37.7 Å². The van der Waals surface area contributed by atoms with Gasteiger partial charge in [0.1, 0.15) is 6.10 Å². The number of carbonyl (C=O) groups excluding carboxylic acids is 1. The van der Waals surface area contributed by atoms with E-state index < -0.39 is 0 Å². The molecule has 1 aliphatic heterocycles. The van der Waals surface area contributed by atoms with E-state index in [0.29, 0.717) is 0 Å². The number of hydrogen-bond donors (Lipinski definition) is 1. The summed E-state index contributed by atoms with van der Waals surface area (Å²) < 4.78 is 5.42. The van der Waals surface area contributed by atoms with Crippen LogP contribution < -0.4 is 5.32 Å². The van der Waals surface area contributed by atoms with Crippen LogP contribution in [-0.4, -0.2) is 24.7 Å². The van der Waals surface area contributed by atoms with E-state index in [1.165, 1.54) is 11.1 Å². The number of rotatable bonds is 3.